The summed E-state index contributed by atoms with van der Waals surface area (Å²) >= 11 is 0. The number of hydrogen-bond acceptors (Lipinski definition) is 3. The Morgan fingerprint density at radius 2 is 1.93 bits per heavy atom. The van der Waals surface area contributed by atoms with Crippen LogP contribution in [-0.4, -0.2) is 42.4 Å². The molecule has 6 nitrogen and oxygen atoms in total. The van der Waals surface area contributed by atoms with Gasteiger partial charge in [0.05, 0.1) is 0 Å². The average Bonchev–Trinajstić information content (AvgIpc) is 2.70. The third kappa shape index (κ3) is 1.99. The van der Waals surface area contributed by atoms with Crippen LogP contribution in [0.2, 0.25) is 0 Å². The van der Waals surface area contributed by atoms with Crippen molar-refractivity contribution < 1.29 is 18.3 Å². The summed E-state index contributed by atoms with van der Waals surface area (Å²) in [7, 11) is -3.56. The van der Waals surface area contributed by atoms with E-state index in [9.17, 15) is 13.2 Å². The monoisotopic (exact) mass is 234 g/mol. The molecular formula is C8H14N2O4S. The first-order valence-corrected chi connectivity index (χ1v) is 6.46. The van der Waals surface area contributed by atoms with Gasteiger partial charge in [-0.05, 0) is 12.8 Å². The van der Waals surface area contributed by atoms with Crippen molar-refractivity contribution in [2.45, 2.75) is 37.8 Å². The van der Waals surface area contributed by atoms with Crippen molar-refractivity contribution in [1.82, 2.24) is 9.03 Å². The third-order valence-electron chi connectivity index (χ3n) is 2.99. The van der Waals surface area contributed by atoms with Crippen molar-refractivity contribution in [2.75, 3.05) is 6.54 Å². The second kappa shape index (κ2) is 3.73. The molecule has 1 saturated carbocycles. The minimum Gasteiger partial charge on any atom is -0.480 e. The van der Waals surface area contributed by atoms with Crippen LogP contribution in [0.25, 0.3) is 0 Å². The SMILES string of the molecule is O=C(O)C1CN(C2CCCC2)S(=O)(=O)N1. The smallest absolute Gasteiger partial charge is 0.323 e. The molecule has 2 fully saturated rings. The maximum Gasteiger partial charge on any atom is 0.323 e. The van der Waals surface area contributed by atoms with E-state index in [-0.39, 0.29) is 12.6 Å². The summed E-state index contributed by atoms with van der Waals surface area (Å²) in [5, 5.41) is 8.75. The Morgan fingerprint density at radius 1 is 1.33 bits per heavy atom. The Morgan fingerprint density at radius 3 is 2.40 bits per heavy atom. The molecule has 0 bridgehead atoms. The summed E-state index contributed by atoms with van der Waals surface area (Å²) in [4.78, 5) is 10.7. The lowest BCUT2D eigenvalue weighted by atomic mass is 10.2. The van der Waals surface area contributed by atoms with Gasteiger partial charge in [0, 0.05) is 12.6 Å². The van der Waals surface area contributed by atoms with Gasteiger partial charge < -0.3 is 5.11 Å². The number of rotatable bonds is 2. The minimum absolute atomic E-state index is 0.00755. The molecule has 0 amide bonds. The van der Waals surface area contributed by atoms with Gasteiger partial charge in [-0.15, -0.1) is 0 Å². The van der Waals surface area contributed by atoms with Crippen molar-refractivity contribution in [3.63, 3.8) is 0 Å². The zero-order valence-corrected chi connectivity index (χ0v) is 9.03. The first-order chi connectivity index (χ1) is 7.00. The van der Waals surface area contributed by atoms with Crippen LogP contribution in [0.3, 0.4) is 0 Å². The number of nitrogens with one attached hydrogen (secondary N) is 1. The molecule has 86 valence electrons. The molecule has 1 saturated heterocycles. The van der Waals surface area contributed by atoms with Crippen molar-refractivity contribution in [3.05, 3.63) is 0 Å². The zero-order chi connectivity index (χ0) is 11.1. The highest BCUT2D eigenvalue weighted by Crippen LogP contribution is 2.27. The summed E-state index contributed by atoms with van der Waals surface area (Å²) < 4.78 is 26.7. The number of carbonyl (C=O) groups is 1. The van der Waals surface area contributed by atoms with Crippen molar-refractivity contribution in [2.24, 2.45) is 0 Å². The number of carboxylic acids is 1. The molecule has 0 aromatic rings. The lowest BCUT2D eigenvalue weighted by molar-refractivity contribution is -0.138. The second-order valence-electron chi connectivity index (χ2n) is 4.02. The van der Waals surface area contributed by atoms with Gasteiger partial charge in [0.1, 0.15) is 6.04 Å². The van der Waals surface area contributed by atoms with Crippen LogP contribution >= 0.6 is 0 Å². The maximum absolute atomic E-state index is 11.6. The van der Waals surface area contributed by atoms with Gasteiger partial charge in [-0.3, -0.25) is 4.79 Å². The van der Waals surface area contributed by atoms with Gasteiger partial charge in [-0.2, -0.15) is 17.4 Å². The highest BCUT2D eigenvalue weighted by molar-refractivity contribution is 7.87. The van der Waals surface area contributed by atoms with E-state index in [4.69, 9.17) is 5.11 Å². The highest BCUT2D eigenvalue weighted by atomic mass is 32.2. The van der Waals surface area contributed by atoms with Crippen LogP contribution in [-0.2, 0) is 15.0 Å². The fourth-order valence-corrected chi connectivity index (χ4v) is 3.85. The number of aliphatic carboxylic acids is 1. The van der Waals surface area contributed by atoms with Crippen molar-refractivity contribution in [1.29, 1.82) is 0 Å². The largest absolute Gasteiger partial charge is 0.480 e. The molecule has 2 N–H and O–H groups in total. The van der Waals surface area contributed by atoms with Gasteiger partial charge >= 0.3 is 5.97 Å². The predicted octanol–water partition coefficient (Wildman–Crippen LogP) is -0.468. The Balaban J connectivity index is 2.15. The molecule has 1 heterocycles. The number of hydrogen-bond donors (Lipinski definition) is 2. The summed E-state index contributed by atoms with van der Waals surface area (Å²) in [6.07, 6.45) is 3.73. The van der Waals surface area contributed by atoms with E-state index in [1.54, 1.807) is 0 Å². The molecule has 0 spiro atoms. The first kappa shape index (κ1) is 10.8. The van der Waals surface area contributed by atoms with Crippen LogP contribution in [0.1, 0.15) is 25.7 Å². The van der Waals surface area contributed by atoms with E-state index < -0.39 is 22.2 Å². The number of carboxylic acid groups (broad SMARTS) is 1. The second-order valence-corrected chi connectivity index (χ2v) is 5.68. The van der Waals surface area contributed by atoms with Gasteiger partial charge in [0.25, 0.3) is 10.2 Å². The Kier molecular flexibility index (Phi) is 2.70. The van der Waals surface area contributed by atoms with E-state index in [1.165, 1.54) is 4.31 Å². The standard InChI is InChI=1S/C8H14N2O4S/c11-8(12)7-5-10(15(13,14)9-7)6-3-1-2-4-6/h6-7,9H,1-5H2,(H,11,12). The first-order valence-electron chi connectivity index (χ1n) is 5.02. The average molecular weight is 234 g/mol. The van der Waals surface area contributed by atoms with Crippen LogP contribution < -0.4 is 4.72 Å². The molecule has 1 aliphatic heterocycles. The third-order valence-corrected chi connectivity index (χ3v) is 4.64. The number of nitrogens with zero attached hydrogens (tertiary/aromatic N) is 1. The topological polar surface area (TPSA) is 86.7 Å². The van der Waals surface area contributed by atoms with E-state index >= 15 is 0 Å². The summed E-state index contributed by atoms with van der Waals surface area (Å²) in [6, 6.07) is -0.998. The van der Waals surface area contributed by atoms with Crippen LogP contribution in [0.4, 0.5) is 0 Å². The maximum atomic E-state index is 11.6. The fraction of sp³-hybridized carbons (Fsp3) is 0.875. The quantitative estimate of drug-likeness (QED) is 0.676. The Labute approximate surface area is 88.4 Å². The molecule has 0 radical (unpaired) electrons. The molecule has 1 aliphatic carbocycles. The molecule has 15 heavy (non-hydrogen) atoms. The molecule has 0 aromatic carbocycles. The van der Waals surface area contributed by atoms with Crippen molar-refractivity contribution >= 4 is 16.2 Å². The highest BCUT2D eigenvalue weighted by Gasteiger charge is 2.43. The Bertz CT molecular complexity index is 361. The fourth-order valence-electron chi connectivity index (χ4n) is 2.23. The molecular weight excluding hydrogens is 220 g/mol. The molecule has 0 aromatic heterocycles. The van der Waals surface area contributed by atoms with E-state index in [1.807, 2.05) is 0 Å². The van der Waals surface area contributed by atoms with Gasteiger partial charge in [-0.25, -0.2) is 0 Å². The minimum atomic E-state index is -3.56. The van der Waals surface area contributed by atoms with Gasteiger partial charge in [0.15, 0.2) is 0 Å². The van der Waals surface area contributed by atoms with Crippen LogP contribution in [0, 0.1) is 0 Å². The van der Waals surface area contributed by atoms with Crippen molar-refractivity contribution in [3.8, 4) is 0 Å². The lowest BCUT2D eigenvalue weighted by Crippen LogP contribution is -2.36. The molecule has 1 unspecified atom stereocenters. The Hall–Kier alpha value is -0.660. The van der Waals surface area contributed by atoms with E-state index in [2.05, 4.69) is 4.72 Å². The predicted molar refractivity (Wildman–Crippen MR) is 52.4 cm³/mol. The zero-order valence-electron chi connectivity index (χ0n) is 8.22. The molecule has 1 atom stereocenters. The lowest BCUT2D eigenvalue weighted by Gasteiger charge is -2.20. The van der Waals surface area contributed by atoms with Crippen LogP contribution in [0.5, 0.6) is 0 Å². The van der Waals surface area contributed by atoms with E-state index in [0.29, 0.717) is 0 Å². The normalized spacial score (nSPS) is 32.1. The molecule has 2 rings (SSSR count). The van der Waals surface area contributed by atoms with Gasteiger partial charge in [0.2, 0.25) is 0 Å². The summed E-state index contributed by atoms with van der Waals surface area (Å²) in [6.45, 7) is 0.0579. The molecule has 2 aliphatic rings. The molecule has 7 heteroatoms. The summed E-state index contributed by atoms with van der Waals surface area (Å²) in [5.41, 5.74) is 0. The van der Waals surface area contributed by atoms with E-state index in [0.717, 1.165) is 25.7 Å². The summed E-state index contributed by atoms with van der Waals surface area (Å²) in [5.74, 6) is -1.11. The van der Waals surface area contributed by atoms with Crippen LogP contribution in [0.15, 0.2) is 0 Å². The van der Waals surface area contributed by atoms with Gasteiger partial charge in [-0.1, -0.05) is 12.8 Å².